The van der Waals surface area contributed by atoms with E-state index in [1.54, 1.807) is 26.5 Å². The van der Waals surface area contributed by atoms with Gasteiger partial charge in [0.15, 0.2) is 0 Å². The van der Waals surface area contributed by atoms with Crippen molar-refractivity contribution in [3.8, 4) is 11.6 Å². The van der Waals surface area contributed by atoms with Gasteiger partial charge in [0.1, 0.15) is 5.75 Å². The van der Waals surface area contributed by atoms with Gasteiger partial charge in [0.05, 0.1) is 20.3 Å². The topological polar surface area (TPSA) is 71.0 Å². The Kier molecular flexibility index (Phi) is 5.67. The Morgan fingerprint density at radius 3 is 2.40 bits per heavy atom. The summed E-state index contributed by atoms with van der Waals surface area (Å²) in [6, 6.07) is 9.30. The maximum atomic E-state index is 10.5. The zero-order valence-electron chi connectivity index (χ0n) is 14.6. The highest BCUT2D eigenvalue weighted by atomic mass is 16.5. The van der Waals surface area contributed by atoms with Gasteiger partial charge in [-0.2, -0.15) is 4.98 Å². The predicted molar refractivity (Wildman–Crippen MR) is 95.2 cm³/mol. The van der Waals surface area contributed by atoms with Crippen LogP contribution >= 0.6 is 0 Å². The van der Waals surface area contributed by atoms with Crippen molar-refractivity contribution < 1.29 is 14.6 Å². The second-order valence-electron chi connectivity index (χ2n) is 5.98. The van der Waals surface area contributed by atoms with Gasteiger partial charge in [-0.05, 0) is 17.7 Å². The molecule has 1 aliphatic rings. The summed E-state index contributed by atoms with van der Waals surface area (Å²) >= 11 is 0. The molecule has 2 aromatic rings. The highest BCUT2D eigenvalue weighted by Crippen LogP contribution is 2.20. The number of rotatable bonds is 6. The van der Waals surface area contributed by atoms with Crippen LogP contribution in [0.15, 0.2) is 36.5 Å². The summed E-state index contributed by atoms with van der Waals surface area (Å²) in [6.07, 6.45) is 1.20. The van der Waals surface area contributed by atoms with Gasteiger partial charge >= 0.3 is 0 Å². The Bertz CT molecular complexity index is 672. The number of piperazine rings is 1. The molecule has 1 saturated heterocycles. The summed E-state index contributed by atoms with van der Waals surface area (Å²) in [6.45, 7) is 3.96. The lowest BCUT2D eigenvalue weighted by Crippen LogP contribution is -2.48. The monoisotopic (exact) mass is 344 g/mol. The smallest absolute Gasteiger partial charge is 0.228 e. The summed E-state index contributed by atoms with van der Waals surface area (Å²) in [7, 11) is 3.24. The van der Waals surface area contributed by atoms with Gasteiger partial charge in [-0.15, -0.1) is 0 Å². The lowest BCUT2D eigenvalue weighted by Gasteiger charge is -2.35. The first-order valence-electron chi connectivity index (χ1n) is 8.36. The summed E-state index contributed by atoms with van der Waals surface area (Å²) in [5, 5.41) is 10.5. The average molecular weight is 344 g/mol. The molecule has 7 heteroatoms. The Labute approximate surface area is 147 Å². The van der Waals surface area contributed by atoms with Gasteiger partial charge in [0.25, 0.3) is 0 Å². The highest BCUT2D eigenvalue weighted by molar-refractivity contribution is 5.33. The lowest BCUT2D eigenvalue weighted by atomic mass is 10.1. The predicted octanol–water partition coefficient (Wildman–Crippen LogP) is 1.35. The molecule has 134 valence electrons. The first-order valence-corrected chi connectivity index (χ1v) is 8.36. The van der Waals surface area contributed by atoms with E-state index in [2.05, 4.69) is 19.8 Å². The molecule has 1 N–H and O–H groups in total. The quantitative estimate of drug-likeness (QED) is 0.848. The molecule has 0 spiro atoms. The molecule has 0 aliphatic carbocycles. The summed E-state index contributed by atoms with van der Waals surface area (Å²) in [4.78, 5) is 13.1. The Morgan fingerprint density at radius 1 is 1.04 bits per heavy atom. The highest BCUT2D eigenvalue weighted by Gasteiger charge is 2.21. The second kappa shape index (κ2) is 8.13. The molecule has 0 unspecified atom stereocenters. The third-order valence-corrected chi connectivity index (χ3v) is 4.41. The number of aliphatic hydroxyl groups excluding tert-OH is 1. The van der Waals surface area contributed by atoms with Gasteiger partial charge < -0.3 is 19.5 Å². The van der Waals surface area contributed by atoms with E-state index in [4.69, 9.17) is 9.47 Å². The fraction of sp³-hybridized carbons (Fsp3) is 0.444. The second-order valence-corrected chi connectivity index (χ2v) is 5.98. The molecule has 0 radical (unpaired) electrons. The van der Waals surface area contributed by atoms with Crippen molar-refractivity contribution in [2.24, 2.45) is 0 Å². The summed E-state index contributed by atoms with van der Waals surface area (Å²) in [5.41, 5.74) is 0.902. The normalized spacial score (nSPS) is 16.5. The van der Waals surface area contributed by atoms with Crippen LogP contribution in [0.4, 0.5) is 5.95 Å². The fourth-order valence-corrected chi connectivity index (χ4v) is 2.90. The van der Waals surface area contributed by atoms with E-state index in [0.717, 1.165) is 37.5 Å². The van der Waals surface area contributed by atoms with Gasteiger partial charge in [0, 0.05) is 45.0 Å². The van der Waals surface area contributed by atoms with Crippen LogP contribution in [0, 0.1) is 0 Å². The van der Waals surface area contributed by atoms with Crippen LogP contribution in [0.5, 0.6) is 11.6 Å². The van der Waals surface area contributed by atoms with Crippen molar-refractivity contribution in [3.63, 3.8) is 0 Å². The molecule has 3 rings (SSSR count). The van der Waals surface area contributed by atoms with Crippen LogP contribution in [0.2, 0.25) is 0 Å². The van der Waals surface area contributed by atoms with Crippen LogP contribution in [-0.2, 0) is 0 Å². The molecule has 1 aromatic heterocycles. The van der Waals surface area contributed by atoms with Crippen LogP contribution in [0.25, 0.3) is 0 Å². The van der Waals surface area contributed by atoms with Crippen molar-refractivity contribution >= 4 is 5.95 Å². The molecule has 0 saturated carbocycles. The van der Waals surface area contributed by atoms with Gasteiger partial charge in [0.2, 0.25) is 11.8 Å². The molecule has 0 amide bonds. The maximum Gasteiger partial charge on any atom is 0.228 e. The number of hydrogen-bond acceptors (Lipinski definition) is 7. The number of aliphatic hydroxyl groups is 1. The molecular formula is C18H24N4O3. The number of aromatic nitrogens is 2. The van der Waals surface area contributed by atoms with E-state index >= 15 is 0 Å². The van der Waals surface area contributed by atoms with E-state index in [0.29, 0.717) is 18.4 Å². The third kappa shape index (κ3) is 4.37. The Hall–Kier alpha value is -2.38. The zero-order valence-corrected chi connectivity index (χ0v) is 14.6. The SMILES string of the molecule is COc1ccc([C@H](O)CN2CCN(c3nccc(OC)n3)CC2)cc1. The molecule has 2 heterocycles. The van der Waals surface area contributed by atoms with Crippen molar-refractivity contribution in [2.45, 2.75) is 6.10 Å². The third-order valence-electron chi connectivity index (χ3n) is 4.41. The van der Waals surface area contributed by atoms with Gasteiger partial charge in [-0.3, -0.25) is 4.90 Å². The number of hydrogen-bond donors (Lipinski definition) is 1. The molecule has 7 nitrogen and oxygen atoms in total. The summed E-state index contributed by atoms with van der Waals surface area (Å²) < 4.78 is 10.3. The first kappa shape index (κ1) is 17.4. The van der Waals surface area contributed by atoms with Crippen molar-refractivity contribution in [3.05, 3.63) is 42.1 Å². The number of methoxy groups -OCH3 is 2. The average Bonchev–Trinajstić information content (AvgIpc) is 2.68. The fourth-order valence-electron chi connectivity index (χ4n) is 2.90. The minimum Gasteiger partial charge on any atom is -0.497 e. The standard InChI is InChI=1S/C18H24N4O3/c1-24-15-5-3-14(4-6-15)16(23)13-21-9-11-22(12-10-21)18-19-8-7-17(20-18)25-2/h3-8,16,23H,9-13H2,1-2H3/t16-/m1/s1. The molecular weight excluding hydrogens is 320 g/mol. The van der Waals surface area contributed by atoms with Crippen LogP contribution in [0.1, 0.15) is 11.7 Å². The van der Waals surface area contributed by atoms with Crippen LogP contribution in [-0.4, -0.2) is 66.9 Å². The van der Waals surface area contributed by atoms with Gasteiger partial charge in [-0.1, -0.05) is 12.1 Å². The Balaban J connectivity index is 1.53. The number of β-amino-alcohol motifs (C(OH)–C–C–N with tert-alkyl or cyclic N) is 1. The van der Waals surface area contributed by atoms with Crippen LogP contribution in [0.3, 0.4) is 0 Å². The number of benzene rings is 1. The first-order chi connectivity index (χ1) is 12.2. The van der Waals surface area contributed by atoms with Gasteiger partial charge in [-0.25, -0.2) is 4.98 Å². The molecule has 1 aliphatic heterocycles. The van der Waals surface area contributed by atoms with Crippen molar-refractivity contribution in [2.75, 3.05) is 51.8 Å². The maximum absolute atomic E-state index is 10.5. The van der Waals surface area contributed by atoms with Crippen molar-refractivity contribution in [1.82, 2.24) is 14.9 Å². The molecule has 1 atom stereocenters. The molecule has 1 aromatic carbocycles. The van der Waals surface area contributed by atoms with E-state index in [-0.39, 0.29) is 0 Å². The summed E-state index contributed by atoms with van der Waals surface area (Å²) in [5.74, 6) is 2.06. The number of nitrogens with zero attached hydrogens (tertiary/aromatic N) is 4. The van der Waals surface area contributed by atoms with Crippen LogP contribution < -0.4 is 14.4 Å². The minimum atomic E-state index is -0.509. The number of ether oxygens (including phenoxy) is 2. The molecule has 25 heavy (non-hydrogen) atoms. The Morgan fingerprint density at radius 2 is 1.76 bits per heavy atom. The van der Waals surface area contributed by atoms with Crippen molar-refractivity contribution in [1.29, 1.82) is 0 Å². The number of anilines is 1. The minimum absolute atomic E-state index is 0.509. The molecule has 0 bridgehead atoms. The molecule has 1 fully saturated rings. The largest absolute Gasteiger partial charge is 0.497 e. The lowest BCUT2D eigenvalue weighted by molar-refractivity contribution is 0.109. The zero-order chi connectivity index (χ0) is 17.6. The van der Waals surface area contributed by atoms with E-state index in [9.17, 15) is 5.11 Å². The van der Waals surface area contributed by atoms with E-state index in [1.165, 1.54) is 0 Å². The van der Waals surface area contributed by atoms with E-state index < -0.39 is 6.10 Å². The van der Waals surface area contributed by atoms with E-state index in [1.807, 2.05) is 24.3 Å².